The van der Waals surface area contributed by atoms with Crippen LogP contribution in [0.15, 0.2) is 24.3 Å². The van der Waals surface area contributed by atoms with Gasteiger partial charge in [0.05, 0.1) is 6.54 Å². The number of nitrogens with one attached hydrogen (secondary N) is 2. The first-order valence-corrected chi connectivity index (χ1v) is 7.67. The van der Waals surface area contributed by atoms with Crippen molar-refractivity contribution in [1.29, 1.82) is 0 Å². The maximum atomic E-state index is 12.9. The molecule has 5 heteroatoms. The van der Waals surface area contributed by atoms with Crippen LogP contribution < -0.4 is 15.4 Å². The highest BCUT2D eigenvalue weighted by molar-refractivity contribution is 5.74. The summed E-state index contributed by atoms with van der Waals surface area (Å²) in [6.07, 6.45) is 7.03. The molecule has 0 bridgehead atoms. The lowest BCUT2D eigenvalue weighted by atomic mass is 10.1. The Balaban J connectivity index is 1.60. The van der Waals surface area contributed by atoms with Crippen LogP contribution in [0.4, 0.5) is 9.18 Å². The number of hydrogen-bond donors (Lipinski definition) is 2. The first-order chi connectivity index (χ1) is 10.2. The molecular formula is C16H23FN2O2. The summed E-state index contributed by atoms with van der Waals surface area (Å²) in [7, 11) is 0. The van der Waals surface area contributed by atoms with Gasteiger partial charge >= 0.3 is 6.03 Å². The second kappa shape index (κ2) is 8.49. The zero-order valence-electron chi connectivity index (χ0n) is 12.2. The van der Waals surface area contributed by atoms with Crippen LogP contribution in [0, 0.1) is 5.82 Å². The fourth-order valence-electron chi connectivity index (χ4n) is 2.55. The number of hydrogen-bond acceptors (Lipinski definition) is 2. The van der Waals surface area contributed by atoms with E-state index in [4.69, 9.17) is 4.74 Å². The predicted octanol–water partition coefficient (Wildman–Crippen LogP) is 3.23. The smallest absolute Gasteiger partial charge is 0.315 e. The van der Waals surface area contributed by atoms with E-state index in [0.29, 0.717) is 18.9 Å². The van der Waals surface area contributed by atoms with Crippen molar-refractivity contribution in [2.24, 2.45) is 0 Å². The first-order valence-electron chi connectivity index (χ1n) is 7.67. The maximum absolute atomic E-state index is 12.9. The first kappa shape index (κ1) is 15.6. The summed E-state index contributed by atoms with van der Waals surface area (Å²) in [5, 5.41) is 5.77. The number of halogens is 1. The van der Waals surface area contributed by atoms with Crippen molar-refractivity contribution < 1.29 is 13.9 Å². The molecule has 1 aliphatic rings. The molecule has 1 saturated carbocycles. The summed E-state index contributed by atoms with van der Waals surface area (Å²) < 4.78 is 18.3. The second-order valence-corrected chi connectivity index (χ2v) is 5.39. The third-order valence-electron chi connectivity index (χ3n) is 3.64. The Morgan fingerprint density at radius 3 is 2.71 bits per heavy atom. The Bertz CT molecular complexity index is 446. The topological polar surface area (TPSA) is 50.4 Å². The SMILES string of the molecule is O=C(NCCOc1cccc(F)c1)NC1CCCCCC1. The van der Waals surface area contributed by atoms with Gasteiger partial charge in [-0.25, -0.2) is 9.18 Å². The molecule has 0 spiro atoms. The van der Waals surface area contributed by atoms with Crippen LogP contribution in [-0.4, -0.2) is 25.2 Å². The Morgan fingerprint density at radius 2 is 2.00 bits per heavy atom. The van der Waals surface area contributed by atoms with Gasteiger partial charge < -0.3 is 15.4 Å². The van der Waals surface area contributed by atoms with Gasteiger partial charge in [-0.3, -0.25) is 0 Å². The summed E-state index contributed by atoms with van der Waals surface area (Å²) in [5.74, 6) is 0.146. The number of benzene rings is 1. The number of rotatable bonds is 5. The van der Waals surface area contributed by atoms with Gasteiger partial charge in [0.2, 0.25) is 0 Å². The molecule has 21 heavy (non-hydrogen) atoms. The van der Waals surface area contributed by atoms with Gasteiger partial charge in [-0.2, -0.15) is 0 Å². The fraction of sp³-hybridized carbons (Fsp3) is 0.562. The van der Waals surface area contributed by atoms with E-state index in [2.05, 4.69) is 10.6 Å². The third kappa shape index (κ3) is 6.02. The monoisotopic (exact) mass is 294 g/mol. The summed E-state index contributed by atoms with van der Waals surface area (Å²) in [5.41, 5.74) is 0. The van der Waals surface area contributed by atoms with E-state index in [1.807, 2.05) is 0 Å². The van der Waals surface area contributed by atoms with E-state index >= 15 is 0 Å². The summed E-state index contributed by atoms with van der Waals surface area (Å²) >= 11 is 0. The highest BCUT2D eigenvalue weighted by Gasteiger charge is 2.14. The zero-order valence-corrected chi connectivity index (χ0v) is 12.2. The van der Waals surface area contributed by atoms with E-state index in [-0.39, 0.29) is 17.9 Å². The van der Waals surface area contributed by atoms with Crippen molar-refractivity contribution in [3.05, 3.63) is 30.1 Å². The van der Waals surface area contributed by atoms with Crippen molar-refractivity contribution >= 4 is 6.03 Å². The number of carbonyl (C=O) groups excluding carboxylic acids is 1. The number of urea groups is 1. The van der Waals surface area contributed by atoms with Gasteiger partial charge in [-0.05, 0) is 25.0 Å². The summed E-state index contributed by atoms with van der Waals surface area (Å²) in [4.78, 5) is 11.8. The lowest BCUT2D eigenvalue weighted by molar-refractivity contribution is 0.231. The van der Waals surface area contributed by atoms with E-state index in [1.54, 1.807) is 12.1 Å². The van der Waals surface area contributed by atoms with Crippen molar-refractivity contribution in [3.8, 4) is 5.75 Å². The Hall–Kier alpha value is -1.78. The van der Waals surface area contributed by atoms with Crippen molar-refractivity contribution in [3.63, 3.8) is 0 Å². The van der Waals surface area contributed by atoms with Crippen molar-refractivity contribution in [1.82, 2.24) is 10.6 Å². The highest BCUT2D eigenvalue weighted by atomic mass is 19.1. The number of carbonyl (C=O) groups is 1. The minimum Gasteiger partial charge on any atom is -0.492 e. The lowest BCUT2D eigenvalue weighted by Gasteiger charge is -2.16. The predicted molar refractivity (Wildman–Crippen MR) is 79.9 cm³/mol. The van der Waals surface area contributed by atoms with Gasteiger partial charge in [-0.1, -0.05) is 31.7 Å². The molecular weight excluding hydrogens is 271 g/mol. The second-order valence-electron chi connectivity index (χ2n) is 5.39. The molecule has 1 aliphatic carbocycles. The molecule has 0 heterocycles. The minimum atomic E-state index is -0.327. The lowest BCUT2D eigenvalue weighted by Crippen LogP contribution is -2.43. The quantitative estimate of drug-likeness (QED) is 0.647. The van der Waals surface area contributed by atoms with Crippen LogP contribution in [0.2, 0.25) is 0 Å². The molecule has 0 radical (unpaired) electrons. The molecule has 1 aromatic rings. The van der Waals surface area contributed by atoms with Crippen molar-refractivity contribution in [2.75, 3.05) is 13.2 Å². The molecule has 2 rings (SSSR count). The Morgan fingerprint density at radius 1 is 1.24 bits per heavy atom. The Labute approximate surface area is 125 Å². The largest absolute Gasteiger partial charge is 0.492 e. The van der Waals surface area contributed by atoms with Gasteiger partial charge in [-0.15, -0.1) is 0 Å². The maximum Gasteiger partial charge on any atom is 0.315 e. The van der Waals surface area contributed by atoms with Crippen molar-refractivity contribution in [2.45, 2.75) is 44.6 Å². The van der Waals surface area contributed by atoms with Gasteiger partial charge in [0.1, 0.15) is 18.2 Å². The van der Waals surface area contributed by atoms with Crippen LogP contribution in [0.5, 0.6) is 5.75 Å². The van der Waals surface area contributed by atoms with Crippen LogP contribution in [0.25, 0.3) is 0 Å². The van der Waals surface area contributed by atoms with E-state index in [9.17, 15) is 9.18 Å². The molecule has 0 atom stereocenters. The van der Waals surface area contributed by atoms with Crippen LogP contribution >= 0.6 is 0 Å². The molecule has 2 N–H and O–H groups in total. The molecule has 116 valence electrons. The summed E-state index contributed by atoms with van der Waals surface area (Å²) in [6, 6.07) is 6.11. The fourth-order valence-corrected chi connectivity index (χ4v) is 2.55. The molecule has 0 saturated heterocycles. The van der Waals surface area contributed by atoms with Gasteiger partial charge in [0.25, 0.3) is 0 Å². The standard InChI is InChI=1S/C16H23FN2O2/c17-13-6-5-9-15(12-13)21-11-10-18-16(20)19-14-7-3-1-2-4-8-14/h5-6,9,12,14H,1-4,7-8,10-11H2,(H2,18,19,20). The molecule has 1 fully saturated rings. The number of ether oxygens (including phenoxy) is 1. The summed E-state index contributed by atoms with van der Waals surface area (Å²) in [6.45, 7) is 0.719. The van der Waals surface area contributed by atoms with Gasteiger partial charge in [0.15, 0.2) is 0 Å². The van der Waals surface area contributed by atoms with E-state index < -0.39 is 0 Å². The van der Waals surface area contributed by atoms with E-state index in [0.717, 1.165) is 12.8 Å². The normalized spacial score (nSPS) is 16.0. The average molecular weight is 294 g/mol. The van der Waals surface area contributed by atoms with Gasteiger partial charge in [0, 0.05) is 12.1 Å². The van der Waals surface area contributed by atoms with Crippen LogP contribution in [0.3, 0.4) is 0 Å². The molecule has 4 nitrogen and oxygen atoms in total. The highest BCUT2D eigenvalue weighted by Crippen LogP contribution is 2.17. The molecule has 0 aromatic heterocycles. The third-order valence-corrected chi connectivity index (χ3v) is 3.64. The van der Waals surface area contributed by atoms with Crippen LogP contribution in [0.1, 0.15) is 38.5 Å². The van der Waals surface area contributed by atoms with E-state index in [1.165, 1.54) is 37.8 Å². The van der Waals surface area contributed by atoms with Crippen LogP contribution in [-0.2, 0) is 0 Å². The Kier molecular flexibility index (Phi) is 6.31. The molecule has 0 aliphatic heterocycles. The average Bonchev–Trinajstić information content (AvgIpc) is 2.72. The minimum absolute atomic E-state index is 0.148. The molecule has 0 unspecified atom stereocenters. The molecule has 2 amide bonds. The number of amides is 2. The zero-order chi connectivity index (χ0) is 14.9. The molecule has 1 aromatic carbocycles.